The molecule has 0 aliphatic heterocycles. The molecule has 25 heavy (non-hydrogen) atoms. The molecule has 0 saturated carbocycles. The van der Waals surface area contributed by atoms with Crippen LogP contribution in [0.5, 0.6) is 0 Å². The standard InChI is InChI=1S/C15H22ClN3O6/c1-8-9(7-18-13(16)11(8)19(23)24)12(21)10(20)5-6-17-14(22)25-15(2,3)4/h7,10,12,20-21H,5-6H2,1-4H3,(H,17,22). The average molecular weight is 376 g/mol. The number of nitrogens with zero attached hydrogens (tertiary/aromatic N) is 2. The first kappa shape index (κ1) is 21.1. The summed E-state index contributed by atoms with van der Waals surface area (Å²) in [6.07, 6.45) is -2.13. The Morgan fingerprint density at radius 1 is 1.48 bits per heavy atom. The third-order valence-corrected chi connectivity index (χ3v) is 3.55. The van der Waals surface area contributed by atoms with Gasteiger partial charge in [-0.2, -0.15) is 0 Å². The molecular formula is C15H22ClN3O6. The zero-order valence-corrected chi connectivity index (χ0v) is 15.2. The molecule has 2 atom stereocenters. The lowest BCUT2D eigenvalue weighted by Gasteiger charge is -2.21. The zero-order valence-electron chi connectivity index (χ0n) is 14.4. The van der Waals surface area contributed by atoms with E-state index in [1.54, 1.807) is 20.8 Å². The summed E-state index contributed by atoms with van der Waals surface area (Å²) < 4.78 is 5.05. The highest BCUT2D eigenvalue weighted by atomic mass is 35.5. The number of carbonyl (C=O) groups excluding carboxylic acids is 1. The maximum atomic E-state index is 11.5. The molecule has 140 valence electrons. The number of halogens is 1. The summed E-state index contributed by atoms with van der Waals surface area (Å²) in [6.45, 7) is 6.61. The summed E-state index contributed by atoms with van der Waals surface area (Å²) in [5.74, 6) is 0. The van der Waals surface area contributed by atoms with Crippen LogP contribution in [0.3, 0.4) is 0 Å². The zero-order chi connectivity index (χ0) is 19.4. The van der Waals surface area contributed by atoms with Crippen molar-refractivity contribution in [3.05, 3.63) is 32.6 Å². The predicted molar refractivity (Wildman–Crippen MR) is 90.5 cm³/mol. The number of nitro groups is 1. The van der Waals surface area contributed by atoms with Crippen molar-refractivity contribution in [2.75, 3.05) is 6.54 Å². The van der Waals surface area contributed by atoms with Crippen molar-refractivity contribution in [2.24, 2.45) is 0 Å². The number of hydrogen-bond acceptors (Lipinski definition) is 7. The lowest BCUT2D eigenvalue weighted by atomic mass is 9.99. The first-order chi connectivity index (χ1) is 11.4. The molecule has 0 spiro atoms. The van der Waals surface area contributed by atoms with Gasteiger partial charge in [0.1, 0.15) is 11.7 Å². The fourth-order valence-corrected chi connectivity index (χ4v) is 2.35. The van der Waals surface area contributed by atoms with E-state index in [0.717, 1.165) is 0 Å². The minimum atomic E-state index is -1.41. The van der Waals surface area contributed by atoms with Crippen LogP contribution in [0.25, 0.3) is 0 Å². The summed E-state index contributed by atoms with van der Waals surface area (Å²) in [4.78, 5) is 25.5. The molecule has 9 nitrogen and oxygen atoms in total. The van der Waals surface area contributed by atoms with Gasteiger partial charge in [0.25, 0.3) is 0 Å². The summed E-state index contributed by atoms with van der Waals surface area (Å²) in [7, 11) is 0. The van der Waals surface area contributed by atoms with Crippen molar-refractivity contribution >= 4 is 23.4 Å². The quantitative estimate of drug-likeness (QED) is 0.394. The number of ether oxygens (including phenoxy) is 1. The number of rotatable bonds is 6. The van der Waals surface area contributed by atoms with Gasteiger partial charge in [-0.1, -0.05) is 11.6 Å². The van der Waals surface area contributed by atoms with Crippen molar-refractivity contribution in [3.8, 4) is 0 Å². The Labute approximate surface area is 150 Å². The minimum absolute atomic E-state index is 0.0102. The van der Waals surface area contributed by atoms with Crippen molar-refractivity contribution in [1.29, 1.82) is 0 Å². The fourth-order valence-electron chi connectivity index (χ4n) is 2.09. The molecule has 1 heterocycles. The van der Waals surface area contributed by atoms with Crippen LogP contribution in [0.15, 0.2) is 6.20 Å². The second-order valence-corrected chi connectivity index (χ2v) is 6.82. The van der Waals surface area contributed by atoms with E-state index in [9.17, 15) is 25.1 Å². The Morgan fingerprint density at radius 3 is 2.60 bits per heavy atom. The molecule has 10 heteroatoms. The first-order valence-corrected chi connectivity index (χ1v) is 7.94. The van der Waals surface area contributed by atoms with Gasteiger partial charge in [-0.25, -0.2) is 9.78 Å². The third-order valence-electron chi connectivity index (χ3n) is 3.27. The monoisotopic (exact) mass is 375 g/mol. The highest BCUT2D eigenvalue weighted by Gasteiger charge is 2.27. The van der Waals surface area contributed by atoms with Gasteiger partial charge in [0, 0.05) is 23.9 Å². The van der Waals surface area contributed by atoms with Gasteiger partial charge < -0.3 is 20.3 Å². The Hall–Kier alpha value is -1.97. The molecule has 0 bridgehead atoms. The van der Waals surface area contributed by atoms with E-state index in [0.29, 0.717) is 0 Å². The molecule has 0 aliphatic rings. The minimum Gasteiger partial charge on any atom is -0.444 e. The van der Waals surface area contributed by atoms with Gasteiger partial charge in [-0.15, -0.1) is 0 Å². The Kier molecular flexibility index (Phi) is 7.09. The topological polar surface area (TPSA) is 135 Å². The molecule has 3 N–H and O–H groups in total. The van der Waals surface area contributed by atoms with Crippen LogP contribution in [-0.2, 0) is 4.74 Å². The lowest BCUT2D eigenvalue weighted by molar-refractivity contribution is -0.385. The Bertz CT molecular complexity index is 647. The second kappa shape index (κ2) is 8.41. The number of nitrogens with one attached hydrogen (secondary N) is 1. The van der Waals surface area contributed by atoms with Crippen molar-refractivity contribution in [1.82, 2.24) is 10.3 Å². The molecule has 1 rings (SSSR count). The molecule has 0 fully saturated rings. The van der Waals surface area contributed by atoms with Gasteiger partial charge in [-0.05, 0) is 34.1 Å². The Morgan fingerprint density at radius 2 is 2.08 bits per heavy atom. The molecule has 1 aromatic rings. The smallest absolute Gasteiger partial charge is 0.407 e. The molecule has 0 aromatic carbocycles. The molecule has 2 unspecified atom stereocenters. The van der Waals surface area contributed by atoms with Crippen LogP contribution in [0.1, 0.15) is 44.4 Å². The first-order valence-electron chi connectivity index (χ1n) is 7.56. The van der Waals surface area contributed by atoms with E-state index >= 15 is 0 Å². The number of pyridine rings is 1. The van der Waals surface area contributed by atoms with Crippen LogP contribution in [-0.4, -0.2) is 44.5 Å². The highest BCUT2D eigenvalue weighted by Crippen LogP contribution is 2.32. The summed E-state index contributed by atoms with van der Waals surface area (Å²) in [5.41, 5.74) is -0.845. The molecular weight excluding hydrogens is 354 g/mol. The van der Waals surface area contributed by atoms with E-state index < -0.39 is 34.5 Å². The highest BCUT2D eigenvalue weighted by molar-refractivity contribution is 6.31. The van der Waals surface area contributed by atoms with Crippen LogP contribution in [0, 0.1) is 17.0 Å². The number of aromatic nitrogens is 1. The Balaban J connectivity index is 2.71. The van der Waals surface area contributed by atoms with E-state index in [-0.39, 0.29) is 29.2 Å². The number of alkyl carbamates (subject to hydrolysis) is 1. The molecule has 0 aliphatic carbocycles. The summed E-state index contributed by atoms with van der Waals surface area (Å²) in [5, 5.41) is 33.5. The molecule has 1 amide bonds. The fraction of sp³-hybridized carbons (Fsp3) is 0.600. The SMILES string of the molecule is Cc1c(C(O)C(O)CCNC(=O)OC(C)(C)C)cnc(Cl)c1[N+](=O)[O-]. The largest absolute Gasteiger partial charge is 0.444 e. The van der Waals surface area contributed by atoms with Crippen molar-refractivity contribution in [2.45, 2.75) is 51.9 Å². The summed E-state index contributed by atoms with van der Waals surface area (Å²) >= 11 is 5.69. The van der Waals surface area contributed by atoms with E-state index in [1.807, 2.05) is 0 Å². The van der Waals surface area contributed by atoms with Crippen LogP contribution in [0.4, 0.5) is 10.5 Å². The van der Waals surface area contributed by atoms with Gasteiger partial charge in [0.05, 0.1) is 11.0 Å². The van der Waals surface area contributed by atoms with Gasteiger partial charge in [0.15, 0.2) is 0 Å². The van der Waals surface area contributed by atoms with E-state index in [4.69, 9.17) is 16.3 Å². The number of amides is 1. The van der Waals surface area contributed by atoms with Gasteiger partial charge in [-0.3, -0.25) is 10.1 Å². The molecule has 1 aromatic heterocycles. The molecule has 0 radical (unpaired) electrons. The number of hydrogen-bond donors (Lipinski definition) is 3. The predicted octanol–water partition coefficient (Wildman–Crippen LogP) is 2.26. The van der Waals surface area contributed by atoms with Crippen LogP contribution < -0.4 is 5.32 Å². The molecule has 0 saturated heterocycles. The normalized spacial score (nSPS) is 13.9. The number of carbonyl (C=O) groups is 1. The summed E-state index contributed by atoms with van der Waals surface area (Å²) in [6, 6.07) is 0. The van der Waals surface area contributed by atoms with Crippen LogP contribution in [0.2, 0.25) is 5.15 Å². The number of aliphatic hydroxyl groups is 2. The van der Waals surface area contributed by atoms with Crippen LogP contribution >= 0.6 is 11.6 Å². The van der Waals surface area contributed by atoms with E-state index in [1.165, 1.54) is 13.1 Å². The maximum Gasteiger partial charge on any atom is 0.407 e. The van der Waals surface area contributed by atoms with Gasteiger partial charge >= 0.3 is 11.8 Å². The van der Waals surface area contributed by atoms with Crippen molar-refractivity contribution in [3.63, 3.8) is 0 Å². The van der Waals surface area contributed by atoms with Gasteiger partial charge in [0.2, 0.25) is 5.15 Å². The van der Waals surface area contributed by atoms with Crippen molar-refractivity contribution < 1.29 is 24.7 Å². The lowest BCUT2D eigenvalue weighted by Crippen LogP contribution is -2.34. The third kappa shape index (κ3) is 6.11. The maximum absolute atomic E-state index is 11.5. The number of aliphatic hydroxyl groups excluding tert-OH is 2. The second-order valence-electron chi connectivity index (χ2n) is 6.46. The van der Waals surface area contributed by atoms with E-state index in [2.05, 4.69) is 10.3 Å². The average Bonchev–Trinajstić information content (AvgIpc) is 2.44.